The molecule has 0 atom stereocenters. The average molecular weight is 490 g/mol. The normalized spacial score (nSPS) is 11.7. The van der Waals surface area contributed by atoms with E-state index in [9.17, 15) is 0 Å². The Labute approximate surface area is 178 Å². The molecule has 0 radical (unpaired) electrons. The number of aliphatic imine (C=N–C) groups is 1. The van der Waals surface area contributed by atoms with Crippen molar-refractivity contribution < 1.29 is 0 Å². The Hall–Kier alpha value is -1.16. The highest BCUT2D eigenvalue weighted by molar-refractivity contribution is 14.0. The second kappa shape index (κ2) is 11.5. The Balaban J connectivity index is 0.00000338. The summed E-state index contributed by atoms with van der Waals surface area (Å²) in [5.74, 6) is 2.83. The van der Waals surface area contributed by atoms with Gasteiger partial charge >= 0.3 is 0 Å². The standard InChI is InChI=1S/C18H30N6S.HI/c1-6-19-18(22-10-17-23-15(12-25-17)14(4)5)21-9-16-20-7-8-24(16)11-13(2)3;/h7-8,12-14H,6,9-11H2,1-5H3,(H2,19,21,22);1H. The number of guanidine groups is 1. The SMILES string of the molecule is CCNC(=NCc1nccn1CC(C)C)NCc1nc(C(C)C)cs1.I. The van der Waals surface area contributed by atoms with Crippen molar-refractivity contribution in [3.8, 4) is 0 Å². The minimum atomic E-state index is 0. The van der Waals surface area contributed by atoms with Crippen molar-refractivity contribution >= 4 is 41.3 Å². The molecule has 0 saturated carbocycles. The van der Waals surface area contributed by atoms with Gasteiger partial charge in [-0.05, 0) is 18.8 Å². The van der Waals surface area contributed by atoms with Gasteiger partial charge in [-0.25, -0.2) is 15.0 Å². The number of halogens is 1. The lowest BCUT2D eigenvalue weighted by Crippen LogP contribution is -2.36. The third-order valence-corrected chi connectivity index (χ3v) is 4.52. The molecule has 2 rings (SSSR count). The number of hydrogen-bond acceptors (Lipinski definition) is 4. The van der Waals surface area contributed by atoms with Crippen LogP contribution in [0.25, 0.3) is 0 Å². The van der Waals surface area contributed by atoms with Crippen molar-refractivity contribution in [2.75, 3.05) is 6.54 Å². The van der Waals surface area contributed by atoms with Gasteiger partial charge in [-0.2, -0.15) is 0 Å². The lowest BCUT2D eigenvalue weighted by Gasteiger charge is -2.12. The highest BCUT2D eigenvalue weighted by atomic mass is 127. The van der Waals surface area contributed by atoms with E-state index in [1.807, 2.05) is 12.4 Å². The van der Waals surface area contributed by atoms with Crippen molar-refractivity contribution in [2.24, 2.45) is 10.9 Å². The van der Waals surface area contributed by atoms with E-state index in [0.29, 0.717) is 24.9 Å². The summed E-state index contributed by atoms with van der Waals surface area (Å²) >= 11 is 1.69. The highest BCUT2D eigenvalue weighted by Crippen LogP contribution is 2.17. The van der Waals surface area contributed by atoms with Crippen molar-refractivity contribution in [3.63, 3.8) is 0 Å². The van der Waals surface area contributed by atoms with E-state index in [4.69, 9.17) is 0 Å². The van der Waals surface area contributed by atoms with Crippen molar-refractivity contribution in [2.45, 2.75) is 60.2 Å². The number of rotatable bonds is 8. The molecular formula is C18H31IN6S. The van der Waals surface area contributed by atoms with Gasteiger partial charge in [0.2, 0.25) is 0 Å². The van der Waals surface area contributed by atoms with E-state index in [-0.39, 0.29) is 24.0 Å². The summed E-state index contributed by atoms with van der Waals surface area (Å²) in [4.78, 5) is 13.8. The van der Waals surface area contributed by atoms with Gasteiger partial charge in [-0.1, -0.05) is 27.7 Å². The van der Waals surface area contributed by atoms with Crippen LogP contribution in [0.5, 0.6) is 0 Å². The lowest BCUT2D eigenvalue weighted by atomic mass is 10.2. The predicted octanol–water partition coefficient (Wildman–Crippen LogP) is 3.99. The maximum Gasteiger partial charge on any atom is 0.192 e. The van der Waals surface area contributed by atoms with Crippen LogP contribution < -0.4 is 10.6 Å². The summed E-state index contributed by atoms with van der Waals surface area (Å²) in [6, 6.07) is 0. The van der Waals surface area contributed by atoms with Gasteiger partial charge in [0.05, 0.1) is 12.2 Å². The Morgan fingerprint density at radius 2 is 2.04 bits per heavy atom. The monoisotopic (exact) mass is 490 g/mol. The number of hydrogen-bond donors (Lipinski definition) is 2. The minimum Gasteiger partial charge on any atom is -0.357 e. The number of imidazole rings is 1. The third-order valence-electron chi connectivity index (χ3n) is 3.65. The first-order valence-corrected chi connectivity index (χ1v) is 9.84. The van der Waals surface area contributed by atoms with Crippen LogP contribution in [0, 0.1) is 5.92 Å². The van der Waals surface area contributed by atoms with E-state index in [1.165, 1.54) is 0 Å². The smallest absolute Gasteiger partial charge is 0.192 e. The fourth-order valence-corrected chi connectivity index (χ4v) is 3.27. The van der Waals surface area contributed by atoms with Crippen LogP contribution in [-0.2, 0) is 19.6 Å². The molecular weight excluding hydrogens is 459 g/mol. The number of aromatic nitrogens is 3. The van der Waals surface area contributed by atoms with Crippen LogP contribution in [0.2, 0.25) is 0 Å². The molecule has 0 saturated heterocycles. The molecule has 0 aromatic carbocycles. The minimum absolute atomic E-state index is 0. The van der Waals surface area contributed by atoms with Crippen LogP contribution in [0.15, 0.2) is 22.8 Å². The van der Waals surface area contributed by atoms with Crippen LogP contribution in [-0.4, -0.2) is 27.0 Å². The maximum atomic E-state index is 4.67. The van der Waals surface area contributed by atoms with Crippen molar-refractivity contribution in [1.82, 2.24) is 25.2 Å². The van der Waals surface area contributed by atoms with Gasteiger partial charge in [-0.3, -0.25) is 0 Å². The molecule has 0 unspecified atom stereocenters. The Bertz CT molecular complexity index is 677. The molecule has 0 amide bonds. The van der Waals surface area contributed by atoms with Gasteiger partial charge in [0.1, 0.15) is 17.4 Å². The van der Waals surface area contributed by atoms with E-state index < -0.39 is 0 Å². The zero-order valence-corrected chi connectivity index (χ0v) is 19.5. The van der Waals surface area contributed by atoms with Crippen LogP contribution in [0.3, 0.4) is 0 Å². The molecule has 8 heteroatoms. The van der Waals surface area contributed by atoms with E-state index in [1.54, 1.807) is 11.3 Å². The molecule has 2 aromatic rings. The summed E-state index contributed by atoms with van der Waals surface area (Å²) in [6.45, 7) is 13.8. The van der Waals surface area contributed by atoms with Crippen LogP contribution >= 0.6 is 35.3 Å². The van der Waals surface area contributed by atoms with Crippen LogP contribution in [0.4, 0.5) is 0 Å². The molecule has 6 nitrogen and oxygen atoms in total. The first kappa shape index (κ1) is 22.9. The summed E-state index contributed by atoms with van der Waals surface area (Å²) in [5.41, 5.74) is 1.15. The second-order valence-corrected chi connectivity index (χ2v) is 7.70. The van der Waals surface area contributed by atoms with E-state index in [0.717, 1.165) is 35.6 Å². The van der Waals surface area contributed by atoms with Gasteiger partial charge in [0.15, 0.2) is 5.96 Å². The van der Waals surface area contributed by atoms with E-state index >= 15 is 0 Å². The zero-order valence-electron chi connectivity index (χ0n) is 16.3. The van der Waals surface area contributed by atoms with Gasteiger partial charge in [-0.15, -0.1) is 35.3 Å². The van der Waals surface area contributed by atoms with Crippen molar-refractivity contribution in [1.29, 1.82) is 0 Å². The number of nitrogens with zero attached hydrogens (tertiary/aromatic N) is 4. The summed E-state index contributed by atoms with van der Waals surface area (Å²) in [7, 11) is 0. The molecule has 2 heterocycles. The fraction of sp³-hybridized carbons (Fsp3) is 0.611. The fourth-order valence-electron chi connectivity index (χ4n) is 2.37. The number of thiazole rings is 1. The molecule has 2 aromatic heterocycles. The molecule has 2 N–H and O–H groups in total. The summed E-state index contributed by atoms with van der Waals surface area (Å²) in [6.07, 6.45) is 3.87. The lowest BCUT2D eigenvalue weighted by molar-refractivity contribution is 0.507. The summed E-state index contributed by atoms with van der Waals surface area (Å²) in [5, 5.41) is 9.86. The summed E-state index contributed by atoms with van der Waals surface area (Å²) < 4.78 is 2.17. The molecule has 0 spiro atoms. The zero-order chi connectivity index (χ0) is 18.2. The Morgan fingerprint density at radius 3 is 2.65 bits per heavy atom. The molecule has 0 fully saturated rings. The van der Waals surface area contributed by atoms with Gasteiger partial charge < -0.3 is 15.2 Å². The Kier molecular flexibility index (Phi) is 10.1. The van der Waals surface area contributed by atoms with Crippen molar-refractivity contribution in [3.05, 3.63) is 34.3 Å². The molecule has 0 bridgehead atoms. The van der Waals surface area contributed by atoms with Gasteiger partial charge in [0, 0.05) is 30.9 Å². The quantitative estimate of drug-likeness (QED) is 0.334. The molecule has 0 aliphatic heterocycles. The number of nitrogens with one attached hydrogen (secondary N) is 2. The predicted molar refractivity (Wildman–Crippen MR) is 120 cm³/mol. The first-order valence-electron chi connectivity index (χ1n) is 8.96. The Morgan fingerprint density at radius 1 is 1.27 bits per heavy atom. The molecule has 146 valence electrons. The van der Waals surface area contributed by atoms with E-state index in [2.05, 4.69) is 70.2 Å². The first-order chi connectivity index (χ1) is 12.0. The average Bonchev–Trinajstić information content (AvgIpc) is 3.19. The maximum absolute atomic E-state index is 4.67. The van der Waals surface area contributed by atoms with Gasteiger partial charge in [0.25, 0.3) is 0 Å². The molecule has 0 aliphatic rings. The molecule has 26 heavy (non-hydrogen) atoms. The van der Waals surface area contributed by atoms with Crippen LogP contribution in [0.1, 0.15) is 57.1 Å². The third kappa shape index (κ3) is 7.22. The second-order valence-electron chi connectivity index (χ2n) is 6.76. The molecule has 0 aliphatic carbocycles. The highest BCUT2D eigenvalue weighted by Gasteiger charge is 2.08. The largest absolute Gasteiger partial charge is 0.357 e. The topological polar surface area (TPSA) is 67.1 Å².